The van der Waals surface area contributed by atoms with Crippen LogP contribution in [0.1, 0.15) is 44.6 Å². The lowest BCUT2D eigenvalue weighted by Gasteiger charge is -2.19. The number of benzene rings is 1. The first-order valence-corrected chi connectivity index (χ1v) is 9.10. The number of aliphatic imine (C=N–C) groups is 1. The molecule has 0 aromatic heterocycles. The third kappa shape index (κ3) is 5.06. The molecule has 0 spiro atoms. The van der Waals surface area contributed by atoms with E-state index in [2.05, 4.69) is 10.6 Å². The van der Waals surface area contributed by atoms with Crippen molar-refractivity contribution in [2.24, 2.45) is 10.9 Å². The van der Waals surface area contributed by atoms with E-state index in [1.54, 1.807) is 6.07 Å². The van der Waals surface area contributed by atoms with Crippen molar-refractivity contribution in [2.75, 3.05) is 19.6 Å². The molecule has 140 valence electrons. The second kappa shape index (κ2) is 9.16. The van der Waals surface area contributed by atoms with Gasteiger partial charge in [-0.15, -0.1) is 24.0 Å². The summed E-state index contributed by atoms with van der Waals surface area (Å²) in [6, 6.07) is 7.04. The summed E-state index contributed by atoms with van der Waals surface area (Å²) in [5, 5.41) is 16.5. The van der Waals surface area contributed by atoms with Gasteiger partial charge in [0.1, 0.15) is 5.82 Å². The van der Waals surface area contributed by atoms with Gasteiger partial charge in [-0.05, 0) is 44.2 Å². The summed E-state index contributed by atoms with van der Waals surface area (Å²) in [7, 11) is 0. The van der Waals surface area contributed by atoms with Crippen molar-refractivity contribution < 1.29 is 9.50 Å². The van der Waals surface area contributed by atoms with Gasteiger partial charge in [0.25, 0.3) is 0 Å². The average molecular weight is 461 g/mol. The summed E-state index contributed by atoms with van der Waals surface area (Å²) in [5.74, 6) is 0.937. The molecule has 1 aromatic carbocycles. The molecule has 2 fully saturated rings. The zero-order valence-corrected chi connectivity index (χ0v) is 17.1. The fourth-order valence-electron chi connectivity index (χ4n) is 3.61. The fraction of sp³-hybridized carbons (Fsp3) is 0.632. The van der Waals surface area contributed by atoms with E-state index in [0.29, 0.717) is 12.5 Å². The molecular weight excluding hydrogens is 432 g/mol. The van der Waals surface area contributed by atoms with E-state index in [1.807, 2.05) is 19.1 Å². The standard InChI is InChI=1S/C19H28FN3O.HI/c1-2-21-18(22-12-14-6-5-9-17(14)24)23-13-19(10-11-19)15-7-3-4-8-16(15)20;/h3-4,7-8,14,17,24H,2,5-6,9-13H2,1H3,(H2,21,22,23);1H. The summed E-state index contributed by atoms with van der Waals surface area (Å²) in [4.78, 5) is 4.70. The minimum atomic E-state index is -0.200. The molecule has 0 heterocycles. The maximum atomic E-state index is 14.1. The van der Waals surface area contributed by atoms with E-state index >= 15 is 0 Å². The van der Waals surface area contributed by atoms with E-state index in [1.165, 1.54) is 6.07 Å². The van der Waals surface area contributed by atoms with Crippen LogP contribution in [0.15, 0.2) is 29.3 Å². The van der Waals surface area contributed by atoms with Gasteiger partial charge < -0.3 is 15.7 Å². The maximum absolute atomic E-state index is 14.1. The molecule has 3 N–H and O–H groups in total. The molecule has 2 aliphatic rings. The van der Waals surface area contributed by atoms with Crippen molar-refractivity contribution >= 4 is 29.9 Å². The van der Waals surface area contributed by atoms with E-state index < -0.39 is 0 Å². The third-order valence-corrected chi connectivity index (χ3v) is 5.33. The Labute approximate surface area is 166 Å². The lowest BCUT2D eigenvalue weighted by Crippen LogP contribution is -2.41. The Balaban J connectivity index is 0.00000225. The number of guanidine groups is 1. The van der Waals surface area contributed by atoms with E-state index in [-0.39, 0.29) is 41.3 Å². The second-order valence-corrected chi connectivity index (χ2v) is 7.09. The van der Waals surface area contributed by atoms with Crippen LogP contribution < -0.4 is 10.6 Å². The fourth-order valence-corrected chi connectivity index (χ4v) is 3.61. The summed E-state index contributed by atoms with van der Waals surface area (Å²) < 4.78 is 14.1. The molecule has 2 saturated carbocycles. The van der Waals surface area contributed by atoms with Crippen molar-refractivity contribution in [3.05, 3.63) is 35.6 Å². The van der Waals surface area contributed by atoms with Crippen LogP contribution in [-0.4, -0.2) is 36.8 Å². The maximum Gasteiger partial charge on any atom is 0.191 e. The largest absolute Gasteiger partial charge is 0.393 e. The van der Waals surface area contributed by atoms with Crippen molar-refractivity contribution in [1.29, 1.82) is 0 Å². The molecule has 0 radical (unpaired) electrons. The molecular formula is C19H29FIN3O. The molecule has 2 aliphatic carbocycles. The van der Waals surface area contributed by atoms with Crippen LogP contribution in [0.2, 0.25) is 0 Å². The molecule has 1 aromatic rings. The molecule has 2 unspecified atom stereocenters. The van der Waals surface area contributed by atoms with Crippen molar-refractivity contribution in [2.45, 2.75) is 50.5 Å². The highest BCUT2D eigenvalue weighted by Gasteiger charge is 2.45. The van der Waals surface area contributed by atoms with E-state index in [4.69, 9.17) is 4.99 Å². The van der Waals surface area contributed by atoms with Gasteiger partial charge in [-0.25, -0.2) is 4.39 Å². The number of hydrogen-bond donors (Lipinski definition) is 3. The van der Waals surface area contributed by atoms with Gasteiger partial charge in [0.05, 0.1) is 12.6 Å². The summed E-state index contributed by atoms with van der Waals surface area (Å²) in [5.41, 5.74) is 0.649. The highest BCUT2D eigenvalue weighted by atomic mass is 127. The van der Waals surface area contributed by atoms with E-state index in [0.717, 1.165) is 56.7 Å². The van der Waals surface area contributed by atoms with Crippen LogP contribution in [0.4, 0.5) is 4.39 Å². The number of aliphatic hydroxyl groups excluding tert-OH is 1. The molecule has 0 amide bonds. The number of nitrogens with one attached hydrogen (secondary N) is 2. The SMILES string of the molecule is CCNC(=NCC1(c2ccccc2F)CC1)NCC1CCCC1O.I. The van der Waals surface area contributed by atoms with Crippen molar-refractivity contribution in [1.82, 2.24) is 10.6 Å². The minimum absolute atomic E-state index is 0. The van der Waals surface area contributed by atoms with Crippen LogP contribution in [-0.2, 0) is 5.41 Å². The number of nitrogens with zero attached hydrogens (tertiary/aromatic N) is 1. The van der Waals surface area contributed by atoms with Crippen LogP contribution in [0.25, 0.3) is 0 Å². The first-order valence-electron chi connectivity index (χ1n) is 9.10. The molecule has 3 rings (SSSR count). The first kappa shape index (κ1) is 20.4. The van der Waals surface area contributed by atoms with Crippen molar-refractivity contribution in [3.8, 4) is 0 Å². The second-order valence-electron chi connectivity index (χ2n) is 7.09. The highest BCUT2D eigenvalue weighted by molar-refractivity contribution is 14.0. The molecule has 2 atom stereocenters. The molecule has 4 nitrogen and oxygen atoms in total. The average Bonchev–Trinajstić information content (AvgIpc) is 3.26. The summed E-state index contributed by atoms with van der Waals surface area (Å²) in [6.45, 7) is 4.15. The monoisotopic (exact) mass is 461 g/mol. The Morgan fingerprint density at radius 2 is 2.04 bits per heavy atom. The van der Waals surface area contributed by atoms with Crippen LogP contribution in [0.5, 0.6) is 0 Å². The lowest BCUT2D eigenvalue weighted by atomic mass is 9.95. The first-order chi connectivity index (χ1) is 11.6. The molecule has 0 aliphatic heterocycles. The van der Waals surface area contributed by atoms with Gasteiger partial charge in [0, 0.05) is 24.4 Å². The van der Waals surface area contributed by atoms with Crippen LogP contribution in [0.3, 0.4) is 0 Å². The van der Waals surface area contributed by atoms with Gasteiger partial charge in [0.15, 0.2) is 5.96 Å². The molecule has 0 bridgehead atoms. The van der Waals surface area contributed by atoms with Gasteiger partial charge in [-0.3, -0.25) is 4.99 Å². The van der Waals surface area contributed by atoms with Crippen LogP contribution in [0, 0.1) is 11.7 Å². The summed E-state index contributed by atoms with van der Waals surface area (Å²) in [6.07, 6.45) is 4.82. The topological polar surface area (TPSA) is 56.7 Å². The van der Waals surface area contributed by atoms with E-state index in [9.17, 15) is 9.50 Å². The van der Waals surface area contributed by atoms with Gasteiger partial charge in [-0.1, -0.05) is 24.6 Å². The predicted octanol–water partition coefficient (Wildman–Crippen LogP) is 3.19. The van der Waals surface area contributed by atoms with Crippen LogP contribution >= 0.6 is 24.0 Å². The Morgan fingerprint density at radius 3 is 2.64 bits per heavy atom. The van der Waals surface area contributed by atoms with Gasteiger partial charge in [-0.2, -0.15) is 0 Å². The minimum Gasteiger partial charge on any atom is -0.393 e. The smallest absolute Gasteiger partial charge is 0.191 e. The number of halogens is 2. The number of hydrogen-bond acceptors (Lipinski definition) is 2. The molecule has 6 heteroatoms. The quantitative estimate of drug-likeness (QED) is 0.347. The van der Waals surface area contributed by atoms with Gasteiger partial charge >= 0.3 is 0 Å². The highest BCUT2D eigenvalue weighted by Crippen LogP contribution is 2.49. The Morgan fingerprint density at radius 1 is 1.28 bits per heavy atom. The number of aliphatic hydroxyl groups is 1. The zero-order chi connectivity index (χ0) is 17.0. The molecule has 25 heavy (non-hydrogen) atoms. The summed E-state index contributed by atoms with van der Waals surface area (Å²) >= 11 is 0. The number of rotatable bonds is 6. The third-order valence-electron chi connectivity index (χ3n) is 5.33. The Kier molecular flexibility index (Phi) is 7.49. The Hall–Kier alpha value is -0.890. The zero-order valence-electron chi connectivity index (χ0n) is 14.8. The lowest BCUT2D eigenvalue weighted by molar-refractivity contribution is 0.134. The predicted molar refractivity (Wildman–Crippen MR) is 110 cm³/mol. The van der Waals surface area contributed by atoms with Crippen molar-refractivity contribution in [3.63, 3.8) is 0 Å². The normalized spacial score (nSPS) is 24.5. The van der Waals surface area contributed by atoms with Gasteiger partial charge in [0.2, 0.25) is 0 Å². The Bertz CT molecular complexity index is 592. The molecule has 0 saturated heterocycles.